The molecule has 4 rings (SSSR count). The summed E-state index contributed by atoms with van der Waals surface area (Å²) < 4.78 is 12.6. The Balaban J connectivity index is 1.42. The van der Waals surface area contributed by atoms with Gasteiger partial charge in [-0.3, -0.25) is 0 Å². The summed E-state index contributed by atoms with van der Waals surface area (Å²) >= 11 is 3.60. The van der Waals surface area contributed by atoms with Crippen LogP contribution in [-0.2, 0) is 11.2 Å². The van der Waals surface area contributed by atoms with Gasteiger partial charge in [-0.25, -0.2) is 4.79 Å². The lowest BCUT2D eigenvalue weighted by Gasteiger charge is -2.34. The lowest BCUT2D eigenvalue weighted by Crippen LogP contribution is -2.48. The van der Waals surface area contributed by atoms with E-state index in [0.29, 0.717) is 25.7 Å². The van der Waals surface area contributed by atoms with Gasteiger partial charge in [-0.1, -0.05) is 41.1 Å². The normalized spacial score (nSPS) is 25.2. The summed E-state index contributed by atoms with van der Waals surface area (Å²) in [6, 6.07) is 12.1. The average molecular weight is 419 g/mol. The van der Waals surface area contributed by atoms with E-state index in [0.717, 1.165) is 28.8 Å². The van der Waals surface area contributed by atoms with Gasteiger partial charge in [-0.2, -0.15) is 0 Å². The van der Waals surface area contributed by atoms with E-state index in [1.54, 1.807) is 0 Å². The van der Waals surface area contributed by atoms with Crippen molar-refractivity contribution in [2.45, 2.75) is 37.8 Å². The van der Waals surface area contributed by atoms with E-state index >= 15 is 0 Å². The van der Waals surface area contributed by atoms with Crippen LogP contribution in [0.4, 0.5) is 4.79 Å². The van der Waals surface area contributed by atoms with Gasteiger partial charge in [0, 0.05) is 29.4 Å². The first-order valence-electron chi connectivity index (χ1n) is 9.15. The van der Waals surface area contributed by atoms with Gasteiger partial charge in [0.05, 0.1) is 13.2 Å². The van der Waals surface area contributed by atoms with Crippen LogP contribution in [0.25, 0.3) is 0 Å². The van der Waals surface area contributed by atoms with Crippen molar-refractivity contribution in [2.24, 2.45) is 0 Å². The highest BCUT2D eigenvalue weighted by molar-refractivity contribution is 9.10. The monoisotopic (exact) mass is 418 g/mol. The lowest BCUT2D eigenvalue weighted by molar-refractivity contribution is 0.00389. The Morgan fingerprint density at radius 1 is 1.31 bits per heavy atom. The van der Waals surface area contributed by atoms with Crippen molar-refractivity contribution >= 4 is 22.0 Å². The molecule has 2 aliphatic rings. The van der Waals surface area contributed by atoms with Crippen LogP contribution in [0, 0.1) is 0 Å². The van der Waals surface area contributed by atoms with Crippen LogP contribution in [0.15, 0.2) is 45.3 Å². The molecule has 6 heteroatoms. The molecular formula is C20H23BrN2O3. The summed E-state index contributed by atoms with van der Waals surface area (Å²) in [5.41, 5.74) is 1.26. The second-order valence-corrected chi connectivity index (χ2v) is 7.72. The lowest BCUT2D eigenvalue weighted by atomic mass is 10.1. The summed E-state index contributed by atoms with van der Waals surface area (Å²) in [6.45, 7) is 3.66. The van der Waals surface area contributed by atoms with Crippen LogP contribution in [0.3, 0.4) is 0 Å². The van der Waals surface area contributed by atoms with Crippen LogP contribution < -0.4 is 5.32 Å². The van der Waals surface area contributed by atoms with Crippen LogP contribution >= 0.6 is 15.9 Å². The molecule has 0 unspecified atom stereocenters. The minimum Gasteiger partial charge on any atom is -0.464 e. The third-order valence-electron chi connectivity index (χ3n) is 5.15. The molecule has 1 N–H and O–H groups in total. The first-order chi connectivity index (χ1) is 12.7. The fourth-order valence-electron chi connectivity index (χ4n) is 3.56. The second kappa shape index (κ2) is 7.45. The molecule has 1 aliphatic carbocycles. The highest BCUT2D eigenvalue weighted by Gasteiger charge is 2.42. The van der Waals surface area contributed by atoms with Crippen molar-refractivity contribution < 1.29 is 13.9 Å². The van der Waals surface area contributed by atoms with E-state index < -0.39 is 0 Å². The summed E-state index contributed by atoms with van der Waals surface area (Å²) in [6.07, 6.45) is 1.82. The molecule has 3 atom stereocenters. The minimum absolute atomic E-state index is 0.0349. The Morgan fingerprint density at radius 2 is 2.15 bits per heavy atom. The second-order valence-electron chi connectivity index (χ2n) is 6.86. The molecule has 0 spiro atoms. The van der Waals surface area contributed by atoms with E-state index in [1.165, 1.54) is 5.56 Å². The first-order valence-corrected chi connectivity index (χ1v) is 9.94. The highest BCUT2D eigenvalue weighted by atomic mass is 79.9. The SMILES string of the molecule is CCc1ccc([C@@H]2COCCN2C(=O)N[C@@H]2C[C@@H]2c2ccccc2Br)o1. The third-order valence-corrected chi connectivity index (χ3v) is 5.87. The fraction of sp³-hybridized carbons (Fsp3) is 0.450. The number of hydrogen-bond donors (Lipinski definition) is 1. The topological polar surface area (TPSA) is 54.7 Å². The van der Waals surface area contributed by atoms with E-state index in [1.807, 2.05) is 35.2 Å². The number of hydrogen-bond acceptors (Lipinski definition) is 3. The summed E-state index contributed by atoms with van der Waals surface area (Å²) in [5, 5.41) is 3.19. The number of nitrogens with zero attached hydrogens (tertiary/aromatic N) is 1. The number of halogens is 1. The van der Waals surface area contributed by atoms with Crippen molar-refractivity contribution in [1.82, 2.24) is 10.2 Å². The molecule has 1 saturated carbocycles. The van der Waals surface area contributed by atoms with Gasteiger partial charge in [-0.15, -0.1) is 0 Å². The summed E-state index contributed by atoms with van der Waals surface area (Å²) in [5.74, 6) is 2.11. The number of carbonyl (C=O) groups is 1. The maximum atomic E-state index is 12.9. The molecule has 2 amide bonds. The number of morpholine rings is 1. The molecule has 2 heterocycles. The van der Waals surface area contributed by atoms with Crippen LogP contribution in [0.1, 0.15) is 42.4 Å². The number of furan rings is 1. The van der Waals surface area contributed by atoms with Crippen LogP contribution in [0.5, 0.6) is 0 Å². The van der Waals surface area contributed by atoms with Gasteiger partial charge in [0.15, 0.2) is 0 Å². The minimum atomic E-state index is -0.162. The molecule has 0 radical (unpaired) electrons. The molecule has 1 aromatic heterocycles. The van der Waals surface area contributed by atoms with Crippen molar-refractivity contribution in [2.75, 3.05) is 19.8 Å². The van der Waals surface area contributed by atoms with Crippen molar-refractivity contribution in [3.63, 3.8) is 0 Å². The standard InChI is InChI=1S/C20H23BrN2O3/c1-2-13-7-8-19(26-13)18-12-25-10-9-23(18)20(24)22-17-11-15(17)14-5-3-4-6-16(14)21/h3-8,15,17-18H,2,9-12H2,1H3,(H,22,24)/t15-,17-,18+/m1/s1. The zero-order chi connectivity index (χ0) is 18.1. The molecule has 1 aromatic carbocycles. The Morgan fingerprint density at radius 3 is 2.92 bits per heavy atom. The molecule has 26 heavy (non-hydrogen) atoms. The summed E-state index contributed by atoms with van der Waals surface area (Å²) in [7, 11) is 0. The number of urea groups is 1. The Kier molecular flexibility index (Phi) is 5.05. The van der Waals surface area contributed by atoms with Gasteiger partial charge in [0.25, 0.3) is 0 Å². The van der Waals surface area contributed by atoms with Crippen molar-refractivity contribution in [3.8, 4) is 0 Å². The van der Waals surface area contributed by atoms with Gasteiger partial charge in [0.1, 0.15) is 17.6 Å². The van der Waals surface area contributed by atoms with Gasteiger partial charge in [0.2, 0.25) is 0 Å². The molecule has 138 valence electrons. The number of carbonyl (C=O) groups excluding carboxylic acids is 1. The molecule has 0 bridgehead atoms. The quantitative estimate of drug-likeness (QED) is 0.807. The fourth-order valence-corrected chi connectivity index (χ4v) is 4.14. The molecule has 2 aromatic rings. The molecular weight excluding hydrogens is 396 g/mol. The zero-order valence-electron chi connectivity index (χ0n) is 14.8. The zero-order valence-corrected chi connectivity index (χ0v) is 16.4. The van der Waals surface area contributed by atoms with Crippen molar-refractivity contribution in [3.05, 3.63) is 58.0 Å². The van der Waals surface area contributed by atoms with Crippen LogP contribution in [-0.4, -0.2) is 36.7 Å². The number of benzene rings is 1. The Bertz CT molecular complexity index is 791. The Hall–Kier alpha value is -1.79. The average Bonchev–Trinajstić information content (AvgIpc) is 3.25. The molecule has 1 saturated heterocycles. The first kappa shape index (κ1) is 17.6. The molecule has 1 aliphatic heterocycles. The van der Waals surface area contributed by atoms with Gasteiger partial charge < -0.3 is 19.4 Å². The molecule has 5 nitrogen and oxygen atoms in total. The largest absolute Gasteiger partial charge is 0.464 e. The predicted octanol–water partition coefficient (Wildman–Crippen LogP) is 4.24. The van der Waals surface area contributed by atoms with Gasteiger partial charge in [-0.05, 0) is 30.2 Å². The number of rotatable bonds is 4. The van der Waals surface area contributed by atoms with E-state index in [4.69, 9.17) is 9.15 Å². The number of amides is 2. The van der Waals surface area contributed by atoms with E-state index in [2.05, 4.69) is 34.2 Å². The smallest absolute Gasteiger partial charge is 0.318 e. The Labute approximate surface area is 161 Å². The van der Waals surface area contributed by atoms with E-state index in [9.17, 15) is 4.79 Å². The summed E-state index contributed by atoms with van der Waals surface area (Å²) in [4.78, 5) is 14.7. The number of nitrogens with one attached hydrogen (secondary N) is 1. The maximum absolute atomic E-state index is 12.9. The number of aryl methyl sites for hydroxylation is 1. The number of ether oxygens (including phenoxy) is 1. The predicted molar refractivity (Wildman–Crippen MR) is 102 cm³/mol. The molecule has 2 fully saturated rings. The van der Waals surface area contributed by atoms with Crippen LogP contribution in [0.2, 0.25) is 0 Å². The van der Waals surface area contributed by atoms with Gasteiger partial charge >= 0.3 is 6.03 Å². The van der Waals surface area contributed by atoms with E-state index in [-0.39, 0.29) is 18.1 Å². The highest BCUT2D eigenvalue weighted by Crippen LogP contribution is 2.44. The van der Waals surface area contributed by atoms with Crippen molar-refractivity contribution in [1.29, 1.82) is 0 Å². The third kappa shape index (κ3) is 3.53. The maximum Gasteiger partial charge on any atom is 0.318 e.